The zero-order chi connectivity index (χ0) is 24.5. The summed E-state index contributed by atoms with van der Waals surface area (Å²) in [5.74, 6) is 2.23. The molecule has 2 aliphatic heterocycles. The molecule has 0 radical (unpaired) electrons. The lowest BCUT2D eigenvalue weighted by molar-refractivity contribution is -0.117. The number of hydrogen-bond donors (Lipinski definition) is 4. The van der Waals surface area contributed by atoms with Crippen molar-refractivity contribution < 1.29 is 14.6 Å². The zero-order valence-electron chi connectivity index (χ0n) is 19.5. The number of aliphatic hydroxyl groups is 1. The summed E-state index contributed by atoms with van der Waals surface area (Å²) in [4.78, 5) is 38.8. The van der Waals surface area contributed by atoms with Crippen molar-refractivity contribution in [3.63, 3.8) is 0 Å². The van der Waals surface area contributed by atoms with Crippen LogP contribution in [-0.4, -0.2) is 91.1 Å². The molecule has 1 saturated carbocycles. The Hall–Kier alpha value is -3.91. The molecule has 188 valence electrons. The number of amides is 1. The maximum atomic E-state index is 13.1. The van der Waals surface area contributed by atoms with Gasteiger partial charge in [0, 0.05) is 56.1 Å². The highest BCUT2D eigenvalue weighted by molar-refractivity contribution is 5.96. The lowest BCUT2D eigenvalue weighted by atomic mass is 10.2. The van der Waals surface area contributed by atoms with Gasteiger partial charge in [-0.25, -0.2) is 4.98 Å². The van der Waals surface area contributed by atoms with Crippen molar-refractivity contribution in [1.29, 1.82) is 0 Å². The van der Waals surface area contributed by atoms with Crippen molar-refractivity contribution in [1.82, 2.24) is 35.1 Å². The predicted molar refractivity (Wildman–Crippen MR) is 129 cm³/mol. The molecule has 36 heavy (non-hydrogen) atoms. The van der Waals surface area contributed by atoms with Crippen LogP contribution in [0.5, 0.6) is 0 Å². The van der Waals surface area contributed by atoms with E-state index in [1.807, 2.05) is 11.0 Å². The molecule has 6 rings (SSSR count). The first-order valence-electron chi connectivity index (χ1n) is 12.0. The first kappa shape index (κ1) is 22.5. The molecule has 5 heterocycles. The average molecular weight is 494 g/mol. The van der Waals surface area contributed by atoms with E-state index >= 15 is 0 Å². The molecule has 3 aliphatic rings. The summed E-state index contributed by atoms with van der Waals surface area (Å²) in [7, 11) is 0. The highest BCUT2D eigenvalue weighted by atomic mass is 16.5. The van der Waals surface area contributed by atoms with Gasteiger partial charge in [-0.05, 0) is 12.8 Å². The van der Waals surface area contributed by atoms with E-state index in [4.69, 9.17) is 4.74 Å². The Morgan fingerprint density at radius 1 is 1.11 bits per heavy atom. The summed E-state index contributed by atoms with van der Waals surface area (Å²) in [5, 5.41) is 23.8. The van der Waals surface area contributed by atoms with Gasteiger partial charge in [0.2, 0.25) is 23.8 Å². The average Bonchev–Trinajstić information content (AvgIpc) is 3.52. The molecule has 0 aromatic carbocycles. The van der Waals surface area contributed by atoms with Crippen LogP contribution in [0.2, 0.25) is 0 Å². The van der Waals surface area contributed by atoms with Crippen LogP contribution in [0.25, 0.3) is 0 Å². The van der Waals surface area contributed by atoms with E-state index in [0.717, 1.165) is 18.5 Å². The number of nitrogens with zero attached hydrogens (tertiary/aromatic N) is 8. The molecular formula is C22H27N11O3. The lowest BCUT2D eigenvalue weighted by Gasteiger charge is -2.29. The molecule has 1 aliphatic carbocycles. The number of carbonyl (C=O) groups excluding carboxylic acids is 1. The lowest BCUT2D eigenvalue weighted by Crippen LogP contribution is -2.42. The molecule has 2 atom stereocenters. The van der Waals surface area contributed by atoms with E-state index in [-0.39, 0.29) is 18.9 Å². The molecule has 0 spiro atoms. The van der Waals surface area contributed by atoms with Gasteiger partial charge in [-0.15, -0.1) is 0 Å². The van der Waals surface area contributed by atoms with Gasteiger partial charge in [0.25, 0.3) is 0 Å². The van der Waals surface area contributed by atoms with Crippen LogP contribution in [0.1, 0.15) is 30.9 Å². The fourth-order valence-corrected chi connectivity index (χ4v) is 4.42. The SMILES string of the molecule is O=C(Nc1cnccn1)[C@@H]1C[C@H](O)CN1c1nc(Nc2cc(C3CC3)[nH]n2)nc(N2CCOCC2)n1. The summed E-state index contributed by atoms with van der Waals surface area (Å²) >= 11 is 0. The Labute approximate surface area is 206 Å². The van der Waals surface area contributed by atoms with Crippen molar-refractivity contribution in [2.45, 2.75) is 37.3 Å². The number of β-amino-alcohol motifs (C(OH)–C–C–N with tert-alkyl or cyclic N) is 1. The highest BCUT2D eigenvalue weighted by Crippen LogP contribution is 2.39. The Kier molecular flexibility index (Phi) is 6.03. The molecule has 4 N–H and O–H groups in total. The van der Waals surface area contributed by atoms with E-state index in [1.54, 1.807) is 4.90 Å². The van der Waals surface area contributed by atoms with E-state index in [1.165, 1.54) is 18.6 Å². The fourth-order valence-electron chi connectivity index (χ4n) is 4.42. The van der Waals surface area contributed by atoms with Gasteiger partial charge in [0.05, 0.1) is 25.5 Å². The quantitative estimate of drug-likeness (QED) is 0.358. The van der Waals surface area contributed by atoms with Gasteiger partial charge >= 0.3 is 0 Å². The standard InChI is InChI=1S/C22H27N11O3/c34-14-9-16(19(35)25-18-11-23-3-4-24-18)33(12-14)22-28-20(26-17-10-15(30-31-17)13-1-2-13)27-21(29-22)32-5-7-36-8-6-32/h3-4,10-11,13-14,16,34H,1-2,5-9,12H2,(H,24,25,35)(H2,26,27,28,29,30,31)/t14-,16-/m0/s1. The fraction of sp³-hybridized carbons (Fsp3) is 0.500. The molecule has 3 aromatic rings. The number of rotatable bonds is 7. The molecule has 1 amide bonds. The van der Waals surface area contributed by atoms with Gasteiger partial charge in [-0.1, -0.05) is 0 Å². The third-order valence-corrected chi connectivity index (χ3v) is 6.41. The van der Waals surface area contributed by atoms with Crippen molar-refractivity contribution in [2.24, 2.45) is 0 Å². The highest BCUT2D eigenvalue weighted by Gasteiger charge is 2.38. The summed E-state index contributed by atoms with van der Waals surface area (Å²) in [5.41, 5.74) is 1.09. The number of H-pyrrole nitrogens is 1. The smallest absolute Gasteiger partial charge is 0.248 e. The van der Waals surface area contributed by atoms with Crippen LogP contribution in [0, 0.1) is 0 Å². The second-order valence-corrected chi connectivity index (χ2v) is 9.10. The van der Waals surface area contributed by atoms with E-state index in [0.29, 0.717) is 61.7 Å². The predicted octanol–water partition coefficient (Wildman–Crippen LogP) is 0.421. The van der Waals surface area contributed by atoms with Crippen LogP contribution >= 0.6 is 0 Å². The topological polar surface area (TPSA) is 170 Å². The molecule has 0 unspecified atom stereocenters. The number of carbonyl (C=O) groups is 1. The third-order valence-electron chi connectivity index (χ3n) is 6.41. The second-order valence-electron chi connectivity index (χ2n) is 9.10. The zero-order valence-corrected chi connectivity index (χ0v) is 19.5. The first-order valence-corrected chi connectivity index (χ1v) is 12.0. The Balaban J connectivity index is 1.29. The van der Waals surface area contributed by atoms with Gasteiger partial charge in [-0.3, -0.25) is 14.9 Å². The normalized spacial score (nSPS) is 22.0. The summed E-state index contributed by atoms with van der Waals surface area (Å²) < 4.78 is 5.48. The van der Waals surface area contributed by atoms with Gasteiger partial charge in [0.15, 0.2) is 11.6 Å². The number of aliphatic hydroxyl groups excluding tert-OH is 1. The number of aromatic nitrogens is 7. The summed E-state index contributed by atoms with van der Waals surface area (Å²) in [6.45, 7) is 2.62. The summed E-state index contributed by atoms with van der Waals surface area (Å²) in [6.07, 6.45) is 6.34. The first-order chi connectivity index (χ1) is 17.6. The minimum atomic E-state index is -0.713. The monoisotopic (exact) mass is 493 g/mol. The van der Waals surface area contributed by atoms with E-state index < -0.39 is 12.1 Å². The van der Waals surface area contributed by atoms with E-state index in [2.05, 4.69) is 45.8 Å². The van der Waals surface area contributed by atoms with E-state index in [9.17, 15) is 9.90 Å². The van der Waals surface area contributed by atoms with Crippen LogP contribution in [-0.2, 0) is 9.53 Å². The third kappa shape index (κ3) is 4.90. The minimum Gasteiger partial charge on any atom is -0.391 e. The number of aromatic amines is 1. The Morgan fingerprint density at radius 2 is 1.94 bits per heavy atom. The molecule has 3 fully saturated rings. The maximum absolute atomic E-state index is 13.1. The van der Waals surface area contributed by atoms with Crippen LogP contribution in [0.3, 0.4) is 0 Å². The summed E-state index contributed by atoms with van der Waals surface area (Å²) in [6, 6.07) is 1.27. The van der Waals surface area contributed by atoms with Crippen molar-refractivity contribution in [3.8, 4) is 0 Å². The molecular weight excluding hydrogens is 466 g/mol. The number of nitrogens with one attached hydrogen (secondary N) is 3. The van der Waals surface area contributed by atoms with Crippen molar-refractivity contribution >= 4 is 35.4 Å². The second kappa shape index (κ2) is 9.62. The van der Waals surface area contributed by atoms with Crippen LogP contribution < -0.4 is 20.4 Å². The molecule has 2 saturated heterocycles. The molecule has 3 aromatic heterocycles. The van der Waals surface area contributed by atoms with Crippen molar-refractivity contribution in [3.05, 3.63) is 30.4 Å². The minimum absolute atomic E-state index is 0.207. The molecule has 0 bridgehead atoms. The van der Waals surface area contributed by atoms with Gasteiger partial charge in [0.1, 0.15) is 6.04 Å². The molecule has 14 nitrogen and oxygen atoms in total. The van der Waals surface area contributed by atoms with Crippen molar-refractivity contribution in [2.75, 3.05) is 53.3 Å². The van der Waals surface area contributed by atoms with Gasteiger partial charge < -0.3 is 30.3 Å². The number of hydrogen-bond acceptors (Lipinski definition) is 12. The maximum Gasteiger partial charge on any atom is 0.248 e. The largest absolute Gasteiger partial charge is 0.391 e. The number of morpholine rings is 1. The molecule has 14 heteroatoms. The van der Waals surface area contributed by atoms with Gasteiger partial charge in [-0.2, -0.15) is 20.1 Å². The van der Waals surface area contributed by atoms with Crippen LogP contribution in [0.4, 0.5) is 29.5 Å². The Morgan fingerprint density at radius 3 is 2.72 bits per heavy atom. The van der Waals surface area contributed by atoms with Crippen LogP contribution in [0.15, 0.2) is 24.7 Å². The Bertz CT molecular complexity index is 1210. The number of anilines is 5. The number of ether oxygens (including phenoxy) is 1.